The fourth-order valence-corrected chi connectivity index (χ4v) is 5.31. The Morgan fingerprint density at radius 1 is 1.00 bits per heavy atom. The lowest BCUT2D eigenvalue weighted by atomic mass is 9.85. The van der Waals surface area contributed by atoms with Crippen molar-refractivity contribution in [1.82, 2.24) is 20.4 Å². The number of piperidine rings is 1. The van der Waals surface area contributed by atoms with Gasteiger partial charge in [-0.2, -0.15) is 0 Å². The molecule has 0 bridgehead atoms. The Bertz CT molecular complexity index is 1120. The second-order valence-corrected chi connectivity index (χ2v) is 11.3. The smallest absolute Gasteiger partial charge is 0.317 e. The summed E-state index contributed by atoms with van der Waals surface area (Å²) < 4.78 is 34.8. The maximum absolute atomic E-state index is 13.2. The molecule has 4 N–H and O–H groups in total. The summed E-state index contributed by atoms with van der Waals surface area (Å²) in [4.78, 5) is 26.1. The van der Waals surface area contributed by atoms with E-state index in [4.69, 9.17) is 9.94 Å². The standard InChI is InChI=1S/C24H32N4O6S/c1-23(2,3)25-22(30)28-15-13-24(14-16-28,17-21(29)26-31)27-35(32,33)20-11-9-19(10-12-20)34-18-7-5-4-6-8-18/h4-12,27,31H,13-17H2,1-3H3,(H,25,30)(H,26,29). The molecule has 1 heterocycles. The van der Waals surface area contributed by atoms with Crippen molar-refractivity contribution < 1.29 is 28.0 Å². The summed E-state index contributed by atoms with van der Waals surface area (Å²) in [6, 6.07) is 14.8. The predicted octanol–water partition coefficient (Wildman–Crippen LogP) is 3.00. The van der Waals surface area contributed by atoms with Gasteiger partial charge in [-0.25, -0.2) is 23.4 Å². The molecule has 0 atom stereocenters. The van der Waals surface area contributed by atoms with E-state index >= 15 is 0 Å². The van der Waals surface area contributed by atoms with Crippen LogP contribution in [0.1, 0.15) is 40.0 Å². The summed E-state index contributed by atoms with van der Waals surface area (Å²) in [5, 5.41) is 11.9. The first-order valence-corrected chi connectivity index (χ1v) is 12.8. The Morgan fingerprint density at radius 3 is 2.11 bits per heavy atom. The van der Waals surface area contributed by atoms with Crippen LogP contribution in [0.5, 0.6) is 11.5 Å². The van der Waals surface area contributed by atoms with Crippen LogP contribution in [-0.2, 0) is 14.8 Å². The molecule has 190 valence electrons. The molecule has 10 nitrogen and oxygen atoms in total. The molecule has 3 amide bonds. The second kappa shape index (κ2) is 10.6. The van der Waals surface area contributed by atoms with Gasteiger partial charge < -0.3 is 15.0 Å². The first-order chi connectivity index (χ1) is 16.4. The van der Waals surface area contributed by atoms with E-state index in [2.05, 4.69) is 10.0 Å². The lowest BCUT2D eigenvalue weighted by molar-refractivity contribution is -0.131. The van der Waals surface area contributed by atoms with Crippen LogP contribution in [0, 0.1) is 0 Å². The molecule has 1 aliphatic rings. The molecule has 2 aromatic rings. The zero-order valence-corrected chi connectivity index (χ0v) is 20.9. The summed E-state index contributed by atoms with van der Waals surface area (Å²) in [7, 11) is -4.01. The summed E-state index contributed by atoms with van der Waals surface area (Å²) >= 11 is 0. The number of hydrogen-bond acceptors (Lipinski definition) is 6. The van der Waals surface area contributed by atoms with E-state index in [1.165, 1.54) is 12.1 Å². The summed E-state index contributed by atoms with van der Waals surface area (Å²) in [6.45, 7) is 6.10. The normalized spacial score (nSPS) is 15.8. The second-order valence-electron chi connectivity index (χ2n) is 9.65. The number of ether oxygens (including phenoxy) is 1. The molecule has 1 fully saturated rings. The van der Waals surface area contributed by atoms with Crippen molar-refractivity contribution in [2.24, 2.45) is 0 Å². The van der Waals surface area contributed by atoms with E-state index in [1.54, 1.807) is 34.6 Å². The number of para-hydroxylation sites is 1. The molecule has 1 aliphatic heterocycles. The number of carbonyl (C=O) groups excluding carboxylic acids is 2. The van der Waals surface area contributed by atoms with Crippen LogP contribution in [0.4, 0.5) is 4.79 Å². The topological polar surface area (TPSA) is 137 Å². The highest BCUT2D eigenvalue weighted by atomic mass is 32.2. The number of hydroxylamine groups is 1. The minimum Gasteiger partial charge on any atom is -0.457 e. The highest BCUT2D eigenvalue weighted by Crippen LogP contribution is 2.29. The molecule has 0 aliphatic carbocycles. The zero-order valence-electron chi connectivity index (χ0n) is 20.1. The minimum absolute atomic E-state index is 0.00889. The van der Waals surface area contributed by atoms with Crippen LogP contribution in [0.3, 0.4) is 0 Å². The number of amides is 3. The number of urea groups is 1. The maximum Gasteiger partial charge on any atom is 0.317 e. The average molecular weight is 505 g/mol. The van der Waals surface area contributed by atoms with Crippen LogP contribution >= 0.6 is 0 Å². The SMILES string of the molecule is CC(C)(C)NC(=O)N1CCC(CC(=O)NO)(NS(=O)(=O)c2ccc(Oc3ccccc3)cc2)CC1. The maximum atomic E-state index is 13.2. The van der Waals surface area contributed by atoms with Crippen molar-refractivity contribution in [2.45, 2.75) is 56.0 Å². The van der Waals surface area contributed by atoms with Gasteiger partial charge in [0.1, 0.15) is 11.5 Å². The third kappa shape index (κ3) is 7.41. The number of nitrogens with one attached hydrogen (secondary N) is 3. The molecule has 3 rings (SSSR count). The Kier molecular flexibility index (Phi) is 8.04. The summed E-state index contributed by atoms with van der Waals surface area (Å²) in [6.07, 6.45) is 0.130. The largest absolute Gasteiger partial charge is 0.457 e. The van der Waals surface area contributed by atoms with E-state index in [-0.39, 0.29) is 43.3 Å². The fourth-order valence-electron chi connectivity index (χ4n) is 3.85. The molecular weight excluding hydrogens is 472 g/mol. The first-order valence-electron chi connectivity index (χ1n) is 11.3. The van der Waals surface area contributed by atoms with E-state index in [0.29, 0.717) is 11.5 Å². The number of likely N-dealkylation sites (tertiary alicyclic amines) is 1. The van der Waals surface area contributed by atoms with Gasteiger partial charge in [0, 0.05) is 30.6 Å². The minimum atomic E-state index is -4.01. The Hall–Kier alpha value is -3.15. The quantitative estimate of drug-likeness (QED) is 0.338. The summed E-state index contributed by atoms with van der Waals surface area (Å²) in [5.41, 5.74) is -0.00455. The number of benzene rings is 2. The van der Waals surface area contributed by atoms with Crippen LogP contribution in [-0.4, -0.2) is 54.6 Å². The van der Waals surface area contributed by atoms with Gasteiger partial charge in [0.15, 0.2) is 0 Å². The Balaban J connectivity index is 1.74. The molecule has 35 heavy (non-hydrogen) atoms. The van der Waals surface area contributed by atoms with Crippen molar-refractivity contribution in [3.8, 4) is 11.5 Å². The Morgan fingerprint density at radius 2 is 1.57 bits per heavy atom. The van der Waals surface area contributed by atoms with Crippen molar-refractivity contribution in [1.29, 1.82) is 0 Å². The number of carbonyl (C=O) groups is 2. The van der Waals surface area contributed by atoms with Crippen LogP contribution in [0.25, 0.3) is 0 Å². The van der Waals surface area contributed by atoms with Crippen LogP contribution in [0.15, 0.2) is 59.5 Å². The molecule has 0 saturated carbocycles. The molecule has 0 radical (unpaired) electrons. The van der Waals surface area contributed by atoms with Gasteiger partial charge in [-0.3, -0.25) is 10.0 Å². The highest BCUT2D eigenvalue weighted by Gasteiger charge is 2.41. The molecule has 1 saturated heterocycles. The fraction of sp³-hybridized carbons (Fsp3) is 0.417. The molecule has 0 spiro atoms. The van der Waals surface area contributed by atoms with E-state index < -0.39 is 27.0 Å². The van der Waals surface area contributed by atoms with Crippen LogP contribution in [0.2, 0.25) is 0 Å². The molecule has 0 unspecified atom stereocenters. The van der Waals surface area contributed by atoms with Crippen molar-refractivity contribution in [3.63, 3.8) is 0 Å². The zero-order chi connectivity index (χ0) is 25.7. The van der Waals surface area contributed by atoms with Gasteiger partial charge in [-0.05, 0) is 70.0 Å². The van der Waals surface area contributed by atoms with Crippen molar-refractivity contribution in [2.75, 3.05) is 13.1 Å². The number of hydrogen-bond donors (Lipinski definition) is 4. The van der Waals surface area contributed by atoms with Gasteiger partial charge >= 0.3 is 6.03 Å². The summed E-state index contributed by atoms with van der Waals surface area (Å²) in [5.74, 6) is 0.382. The van der Waals surface area contributed by atoms with Gasteiger partial charge in [0.2, 0.25) is 15.9 Å². The Labute approximate surface area is 205 Å². The average Bonchev–Trinajstić information content (AvgIpc) is 2.79. The number of nitrogens with zero attached hydrogens (tertiary/aromatic N) is 1. The van der Waals surface area contributed by atoms with Crippen LogP contribution < -0.4 is 20.3 Å². The molecule has 11 heteroatoms. The number of rotatable bonds is 7. The third-order valence-electron chi connectivity index (χ3n) is 5.58. The van der Waals surface area contributed by atoms with Crippen molar-refractivity contribution in [3.05, 3.63) is 54.6 Å². The van der Waals surface area contributed by atoms with Crippen molar-refractivity contribution >= 4 is 22.0 Å². The van der Waals surface area contributed by atoms with E-state index in [0.717, 1.165) is 0 Å². The third-order valence-corrected chi connectivity index (χ3v) is 7.17. The van der Waals surface area contributed by atoms with E-state index in [1.807, 2.05) is 39.0 Å². The monoisotopic (exact) mass is 504 g/mol. The highest BCUT2D eigenvalue weighted by molar-refractivity contribution is 7.89. The molecule has 2 aromatic carbocycles. The lowest BCUT2D eigenvalue weighted by Gasteiger charge is -2.42. The lowest BCUT2D eigenvalue weighted by Crippen LogP contribution is -2.59. The van der Waals surface area contributed by atoms with E-state index in [9.17, 15) is 18.0 Å². The first kappa shape index (κ1) is 26.5. The predicted molar refractivity (Wildman–Crippen MR) is 130 cm³/mol. The van der Waals surface area contributed by atoms with Gasteiger partial charge in [0.25, 0.3) is 0 Å². The molecular formula is C24H32N4O6S. The van der Waals surface area contributed by atoms with Gasteiger partial charge in [-0.15, -0.1) is 0 Å². The number of sulfonamides is 1. The molecule has 0 aromatic heterocycles. The van der Waals surface area contributed by atoms with Gasteiger partial charge in [0.05, 0.1) is 4.90 Å². The van der Waals surface area contributed by atoms with Gasteiger partial charge in [-0.1, -0.05) is 18.2 Å².